The van der Waals surface area contributed by atoms with E-state index in [4.69, 9.17) is 0 Å². The molecule has 0 radical (unpaired) electrons. The lowest BCUT2D eigenvalue weighted by molar-refractivity contribution is 0.433. The monoisotopic (exact) mass is 221 g/mol. The van der Waals surface area contributed by atoms with Gasteiger partial charge in [-0.1, -0.05) is 41.5 Å². The van der Waals surface area contributed by atoms with Crippen LogP contribution in [0.4, 0.5) is 0 Å². The van der Waals surface area contributed by atoms with Gasteiger partial charge in [0.05, 0.1) is 0 Å². The third-order valence-electron chi connectivity index (χ3n) is 3.55. The third-order valence-corrected chi connectivity index (χ3v) is 3.55. The van der Waals surface area contributed by atoms with Crippen LogP contribution in [0.15, 0.2) is 6.33 Å². The molecule has 0 saturated heterocycles. The van der Waals surface area contributed by atoms with Crippen LogP contribution in [0.5, 0.6) is 0 Å². The maximum atomic E-state index is 4.64. The minimum Gasteiger partial charge on any atom is -0.221 e. The molecule has 1 aromatic rings. The smallest absolute Gasteiger partial charge is 0.137 e. The summed E-state index contributed by atoms with van der Waals surface area (Å²) in [5.41, 5.74) is 0.0586. The van der Waals surface area contributed by atoms with Gasteiger partial charge in [-0.2, -0.15) is 0 Å². The molecule has 3 nitrogen and oxygen atoms in total. The van der Waals surface area contributed by atoms with Crippen LogP contribution in [0.25, 0.3) is 0 Å². The first-order valence-corrected chi connectivity index (χ1v) is 6.03. The van der Waals surface area contributed by atoms with E-state index in [2.05, 4.69) is 56.5 Å². The van der Waals surface area contributed by atoms with Gasteiger partial charge in [0, 0.05) is 10.8 Å². The van der Waals surface area contributed by atoms with Crippen LogP contribution in [-0.2, 0) is 10.8 Å². The van der Waals surface area contributed by atoms with Crippen molar-refractivity contribution in [2.75, 3.05) is 0 Å². The number of rotatable bonds is 4. The standard InChI is InChI=1S/C13H23N3/c1-7-12(3,4)10-14-9-15-11(16-10)13(5,6)8-2/h9H,7-8H2,1-6H3. The lowest BCUT2D eigenvalue weighted by Crippen LogP contribution is -2.25. The fourth-order valence-electron chi connectivity index (χ4n) is 1.26. The number of aromatic nitrogens is 3. The van der Waals surface area contributed by atoms with E-state index in [1.807, 2.05) is 0 Å². The second-order valence-electron chi connectivity index (χ2n) is 5.61. The summed E-state index contributed by atoms with van der Waals surface area (Å²) in [5, 5.41) is 0. The zero-order valence-corrected chi connectivity index (χ0v) is 11.3. The lowest BCUT2D eigenvalue weighted by Gasteiger charge is -2.25. The fourth-order valence-corrected chi connectivity index (χ4v) is 1.26. The molecule has 0 aromatic carbocycles. The Morgan fingerprint density at radius 3 is 1.56 bits per heavy atom. The minimum absolute atomic E-state index is 0.0293. The maximum Gasteiger partial charge on any atom is 0.137 e. The molecular weight excluding hydrogens is 198 g/mol. The predicted octanol–water partition coefficient (Wildman–Crippen LogP) is 3.25. The van der Waals surface area contributed by atoms with Gasteiger partial charge in [0.2, 0.25) is 0 Å². The average molecular weight is 221 g/mol. The van der Waals surface area contributed by atoms with Gasteiger partial charge in [-0.3, -0.25) is 0 Å². The number of hydrogen-bond donors (Lipinski definition) is 0. The number of hydrogen-bond acceptors (Lipinski definition) is 3. The van der Waals surface area contributed by atoms with Gasteiger partial charge < -0.3 is 0 Å². The highest BCUT2D eigenvalue weighted by molar-refractivity contribution is 5.09. The molecule has 0 N–H and O–H groups in total. The van der Waals surface area contributed by atoms with Crippen LogP contribution < -0.4 is 0 Å². The second-order valence-corrected chi connectivity index (χ2v) is 5.61. The summed E-state index contributed by atoms with van der Waals surface area (Å²) < 4.78 is 0. The molecule has 0 unspecified atom stereocenters. The van der Waals surface area contributed by atoms with Gasteiger partial charge >= 0.3 is 0 Å². The van der Waals surface area contributed by atoms with E-state index in [0.717, 1.165) is 24.5 Å². The van der Waals surface area contributed by atoms with E-state index >= 15 is 0 Å². The van der Waals surface area contributed by atoms with Crippen LogP contribution >= 0.6 is 0 Å². The molecule has 0 aliphatic carbocycles. The van der Waals surface area contributed by atoms with E-state index in [0.29, 0.717) is 0 Å². The third kappa shape index (κ3) is 2.57. The molecule has 0 fully saturated rings. The van der Waals surface area contributed by atoms with E-state index in [1.54, 1.807) is 6.33 Å². The van der Waals surface area contributed by atoms with Crippen molar-refractivity contribution in [3.8, 4) is 0 Å². The van der Waals surface area contributed by atoms with E-state index in [1.165, 1.54) is 0 Å². The molecule has 0 atom stereocenters. The van der Waals surface area contributed by atoms with Gasteiger partial charge in [-0.05, 0) is 12.8 Å². The van der Waals surface area contributed by atoms with Gasteiger partial charge in [0.25, 0.3) is 0 Å². The zero-order chi connectivity index (χ0) is 12.4. The van der Waals surface area contributed by atoms with Crippen molar-refractivity contribution in [2.24, 2.45) is 0 Å². The summed E-state index contributed by atoms with van der Waals surface area (Å²) in [6.07, 6.45) is 3.71. The van der Waals surface area contributed by atoms with E-state index in [9.17, 15) is 0 Å². The van der Waals surface area contributed by atoms with Gasteiger partial charge in [-0.25, -0.2) is 15.0 Å². The van der Waals surface area contributed by atoms with E-state index < -0.39 is 0 Å². The molecule has 1 rings (SSSR count). The fraction of sp³-hybridized carbons (Fsp3) is 0.769. The van der Waals surface area contributed by atoms with Crippen LogP contribution in [-0.4, -0.2) is 15.0 Å². The molecule has 1 aromatic heterocycles. The Morgan fingerprint density at radius 2 is 1.25 bits per heavy atom. The summed E-state index contributed by atoms with van der Waals surface area (Å²) in [4.78, 5) is 13.3. The Labute approximate surface area is 98.7 Å². The Balaban J connectivity index is 3.14. The van der Waals surface area contributed by atoms with Crippen molar-refractivity contribution in [2.45, 2.75) is 65.2 Å². The first-order chi connectivity index (χ1) is 7.33. The first-order valence-electron chi connectivity index (χ1n) is 6.03. The molecule has 0 saturated carbocycles. The molecule has 0 spiro atoms. The van der Waals surface area contributed by atoms with Crippen molar-refractivity contribution in [1.82, 2.24) is 15.0 Å². The SMILES string of the molecule is CCC(C)(C)c1ncnc(C(C)(C)CC)n1. The summed E-state index contributed by atoms with van der Waals surface area (Å²) in [6, 6.07) is 0. The Kier molecular flexibility index (Phi) is 3.66. The topological polar surface area (TPSA) is 38.7 Å². The average Bonchev–Trinajstić information content (AvgIpc) is 2.29. The van der Waals surface area contributed by atoms with Crippen molar-refractivity contribution in [3.63, 3.8) is 0 Å². The van der Waals surface area contributed by atoms with E-state index in [-0.39, 0.29) is 10.8 Å². The summed E-state index contributed by atoms with van der Waals surface area (Å²) in [6.45, 7) is 13.0. The molecule has 0 bridgehead atoms. The number of nitrogens with zero attached hydrogens (tertiary/aromatic N) is 3. The first kappa shape index (κ1) is 13.1. The van der Waals surface area contributed by atoms with Gasteiger partial charge in [0.15, 0.2) is 0 Å². The maximum absolute atomic E-state index is 4.64. The highest BCUT2D eigenvalue weighted by Crippen LogP contribution is 2.27. The summed E-state index contributed by atoms with van der Waals surface area (Å²) >= 11 is 0. The Morgan fingerprint density at radius 1 is 0.875 bits per heavy atom. The molecule has 90 valence electrons. The highest BCUT2D eigenvalue weighted by atomic mass is 15.0. The minimum atomic E-state index is 0.0293. The van der Waals surface area contributed by atoms with Crippen molar-refractivity contribution < 1.29 is 0 Å². The molecule has 1 heterocycles. The Hall–Kier alpha value is -0.990. The van der Waals surface area contributed by atoms with Gasteiger partial charge in [0.1, 0.15) is 18.0 Å². The molecule has 3 heteroatoms. The summed E-state index contributed by atoms with van der Waals surface area (Å²) in [5.74, 6) is 1.81. The zero-order valence-electron chi connectivity index (χ0n) is 11.3. The van der Waals surface area contributed by atoms with Crippen LogP contribution in [0.1, 0.15) is 66.0 Å². The van der Waals surface area contributed by atoms with Crippen LogP contribution in [0, 0.1) is 0 Å². The molecule has 0 aliphatic rings. The quantitative estimate of drug-likeness (QED) is 0.783. The van der Waals surface area contributed by atoms with Crippen LogP contribution in [0.2, 0.25) is 0 Å². The van der Waals surface area contributed by atoms with Crippen LogP contribution in [0.3, 0.4) is 0 Å². The second kappa shape index (κ2) is 4.48. The normalized spacial score (nSPS) is 12.9. The largest absolute Gasteiger partial charge is 0.221 e. The summed E-state index contributed by atoms with van der Waals surface area (Å²) in [7, 11) is 0. The van der Waals surface area contributed by atoms with Crippen molar-refractivity contribution in [1.29, 1.82) is 0 Å². The van der Waals surface area contributed by atoms with Crippen molar-refractivity contribution >= 4 is 0 Å². The Bertz CT molecular complexity index is 325. The molecular formula is C13H23N3. The molecule has 0 aliphatic heterocycles. The van der Waals surface area contributed by atoms with Crippen molar-refractivity contribution in [3.05, 3.63) is 18.0 Å². The molecule has 16 heavy (non-hydrogen) atoms. The lowest BCUT2D eigenvalue weighted by atomic mass is 9.87. The highest BCUT2D eigenvalue weighted by Gasteiger charge is 2.26. The van der Waals surface area contributed by atoms with Gasteiger partial charge in [-0.15, -0.1) is 0 Å². The predicted molar refractivity (Wildman–Crippen MR) is 66.5 cm³/mol. The molecule has 0 amide bonds.